The molecule has 0 saturated heterocycles. The number of nitrogen functional groups attached to an aromatic ring is 1. The van der Waals surface area contributed by atoms with Gasteiger partial charge in [-0.3, -0.25) is 0 Å². The van der Waals surface area contributed by atoms with E-state index in [0.717, 1.165) is 0 Å². The van der Waals surface area contributed by atoms with Gasteiger partial charge in [-0.05, 0) is 32.0 Å². The van der Waals surface area contributed by atoms with Crippen molar-refractivity contribution >= 4 is 5.69 Å². The first-order chi connectivity index (χ1) is 7.19. The highest BCUT2D eigenvalue weighted by Gasteiger charge is 2.15. The van der Waals surface area contributed by atoms with E-state index >= 15 is 0 Å². The van der Waals surface area contributed by atoms with E-state index in [1.807, 2.05) is 13.8 Å². The molecule has 0 unspecified atom stereocenters. The minimum absolute atomic E-state index is 0.135. The van der Waals surface area contributed by atoms with E-state index in [9.17, 15) is 5.11 Å². The van der Waals surface area contributed by atoms with Crippen LogP contribution < -0.4 is 5.73 Å². The molecule has 0 atom stereocenters. The van der Waals surface area contributed by atoms with Crippen LogP contribution >= 0.6 is 0 Å². The van der Waals surface area contributed by atoms with Gasteiger partial charge in [-0.25, -0.2) is 0 Å². The molecule has 3 N–H and O–H groups in total. The average molecular weight is 211 g/mol. The molecular weight excluding hydrogens is 194 g/mol. The van der Waals surface area contributed by atoms with E-state index in [1.54, 1.807) is 12.1 Å². The fourth-order valence-corrected chi connectivity index (χ4v) is 1.29. The first kappa shape index (κ1) is 11.8. The number of hydrogen-bond acceptors (Lipinski definition) is 4. The topological polar surface area (TPSA) is 64.7 Å². The monoisotopic (exact) mass is 211 g/mol. The molecule has 1 aromatic carbocycles. The molecule has 1 rings (SSSR count). The summed E-state index contributed by atoms with van der Waals surface area (Å²) in [5.74, 6) is 0.135. The number of phenolic OH excluding ortho intramolecular Hbond substituents is 1. The molecule has 0 bridgehead atoms. The molecule has 84 valence electrons. The maximum Gasteiger partial charge on any atom is 0.187 e. The molecule has 0 aliphatic carbocycles. The largest absolute Gasteiger partial charge is 0.507 e. The lowest BCUT2D eigenvalue weighted by Crippen LogP contribution is -2.09. The predicted molar refractivity (Wildman–Crippen MR) is 58.5 cm³/mol. The van der Waals surface area contributed by atoms with Crippen LogP contribution in [0.25, 0.3) is 0 Å². The second-order valence-corrected chi connectivity index (χ2v) is 3.06. The van der Waals surface area contributed by atoms with Gasteiger partial charge < -0.3 is 20.3 Å². The molecular formula is C11H17NO3. The molecule has 0 heterocycles. The smallest absolute Gasteiger partial charge is 0.187 e. The van der Waals surface area contributed by atoms with Crippen molar-refractivity contribution in [2.45, 2.75) is 20.1 Å². The van der Waals surface area contributed by atoms with E-state index < -0.39 is 6.29 Å². The number of rotatable bonds is 5. The Labute approximate surface area is 89.6 Å². The Morgan fingerprint density at radius 2 is 1.87 bits per heavy atom. The zero-order valence-electron chi connectivity index (χ0n) is 9.06. The fraction of sp³-hybridized carbons (Fsp3) is 0.455. The van der Waals surface area contributed by atoms with E-state index in [1.165, 1.54) is 6.07 Å². The summed E-state index contributed by atoms with van der Waals surface area (Å²) in [6, 6.07) is 4.83. The SMILES string of the molecule is CCOC(OCC)c1cc(N)ccc1O. The van der Waals surface area contributed by atoms with E-state index in [2.05, 4.69) is 0 Å². The lowest BCUT2D eigenvalue weighted by molar-refractivity contribution is -0.141. The summed E-state index contributed by atoms with van der Waals surface area (Å²) in [5, 5.41) is 9.64. The first-order valence-electron chi connectivity index (χ1n) is 5.00. The molecule has 0 spiro atoms. The Balaban J connectivity index is 2.93. The number of benzene rings is 1. The van der Waals surface area contributed by atoms with Gasteiger partial charge in [-0.2, -0.15) is 0 Å². The minimum atomic E-state index is -0.552. The maximum atomic E-state index is 9.64. The third-order valence-corrected chi connectivity index (χ3v) is 1.94. The number of phenols is 1. The molecule has 0 aliphatic rings. The number of hydrogen-bond donors (Lipinski definition) is 2. The van der Waals surface area contributed by atoms with Crippen LogP contribution in [-0.4, -0.2) is 18.3 Å². The minimum Gasteiger partial charge on any atom is -0.507 e. The van der Waals surface area contributed by atoms with Crippen molar-refractivity contribution in [3.8, 4) is 5.75 Å². The Kier molecular flexibility index (Phi) is 4.39. The van der Waals surface area contributed by atoms with E-state index in [0.29, 0.717) is 24.5 Å². The summed E-state index contributed by atoms with van der Waals surface area (Å²) < 4.78 is 10.7. The van der Waals surface area contributed by atoms with Crippen molar-refractivity contribution in [1.82, 2.24) is 0 Å². The van der Waals surface area contributed by atoms with E-state index in [-0.39, 0.29) is 5.75 Å². The second kappa shape index (κ2) is 5.58. The molecule has 0 amide bonds. The summed E-state index contributed by atoms with van der Waals surface area (Å²) >= 11 is 0. The van der Waals surface area contributed by atoms with Crippen molar-refractivity contribution in [2.24, 2.45) is 0 Å². The third kappa shape index (κ3) is 3.11. The van der Waals surface area contributed by atoms with Crippen LogP contribution in [0.2, 0.25) is 0 Å². The summed E-state index contributed by atoms with van der Waals surface area (Å²) in [5.41, 5.74) is 6.78. The first-order valence-corrected chi connectivity index (χ1v) is 5.00. The molecule has 4 heteroatoms. The van der Waals surface area contributed by atoms with Crippen LogP contribution in [0.4, 0.5) is 5.69 Å². The van der Waals surface area contributed by atoms with Crippen molar-refractivity contribution < 1.29 is 14.6 Å². The van der Waals surface area contributed by atoms with Gasteiger partial charge in [0.25, 0.3) is 0 Å². The highest BCUT2D eigenvalue weighted by atomic mass is 16.7. The van der Waals surface area contributed by atoms with Gasteiger partial charge >= 0.3 is 0 Å². The van der Waals surface area contributed by atoms with Crippen LogP contribution in [0.3, 0.4) is 0 Å². The third-order valence-electron chi connectivity index (χ3n) is 1.94. The van der Waals surface area contributed by atoms with Crippen molar-refractivity contribution in [3.63, 3.8) is 0 Å². The Morgan fingerprint density at radius 3 is 2.40 bits per heavy atom. The molecule has 4 nitrogen and oxygen atoms in total. The lowest BCUT2D eigenvalue weighted by Gasteiger charge is -2.18. The normalized spacial score (nSPS) is 10.9. The zero-order chi connectivity index (χ0) is 11.3. The second-order valence-electron chi connectivity index (χ2n) is 3.06. The quantitative estimate of drug-likeness (QED) is 0.444. The summed E-state index contributed by atoms with van der Waals surface area (Å²) in [6.45, 7) is 4.77. The lowest BCUT2D eigenvalue weighted by atomic mass is 10.1. The van der Waals surface area contributed by atoms with Gasteiger partial charge in [-0.15, -0.1) is 0 Å². The van der Waals surface area contributed by atoms with Gasteiger partial charge in [0, 0.05) is 18.9 Å². The number of ether oxygens (including phenoxy) is 2. The molecule has 1 aromatic rings. The van der Waals surface area contributed by atoms with Crippen LogP contribution in [0.1, 0.15) is 25.7 Å². The summed E-state index contributed by atoms with van der Waals surface area (Å²) in [6.07, 6.45) is -0.552. The van der Waals surface area contributed by atoms with Crippen LogP contribution in [0.5, 0.6) is 5.75 Å². The number of aromatic hydroxyl groups is 1. The molecule has 0 aromatic heterocycles. The molecule has 0 radical (unpaired) electrons. The Hall–Kier alpha value is -1.26. The fourth-order valence-electron chi connectivity index (χ4n) is 1.29. The molecule has 0 aliphatic heterocycles. The van der Waals surface area contributed by atoms with Gasteiger partial charge in [0.15, 0.2) is 6.29 Å². The zero-order valence-corrected chi connectivity index (χ0v) is 9.06. The van der Waals surface area contributed by atoms with Gasteiger partial charge in [-0.1, -0.05) is 0 Å². The standard InChI is InChI=1S/C11H17NO3/c1-3-14-11(15-4-2)9-7-8(12)5-6-10(9)13/h5-7,11,13H,3-4,12H2,1-2H3. The molecule has 0 saturated carbocycles. The maximum absolute atomic E-state index is 9.64. The summed E-state index contributed by atoms with van der Waals surface area (Å²) in [7, 11) is 0. The Bertz CT molecular complexity index is 309. The van der Waals surface area contributed by atoms with Gasteiger partial charge in [0.05, 0.1) is 5.56 Å². The van der Waals surface area contributed by atoms with Crippen molar-refractivity contribution in [2.75, 3.05) is 18.9 Å². The number of anilines is 1. The van der Waals surface area contributed by atoms with Crippen LogP contribution in [0.15, 0.2) is 18.2 Å². The van der Waals surface area contributed by atoms with Gasteiger partial charge in [0.2, 0.25) is 0 Å². The average Bonchev–Trinajstić information content (AvgIpc) is 2.21. The summed E-state index contributed by atoms with van der Waals surface area (Å²) in [4.78, 5) is 0. The van der Waals surface area contributed by atoms with Crippen LogP contribution in [-0.2, 0) is 9.47 Å². The highest BCUT2D eigenvalue weighted by molar-refractivity contribution is 5.47. The predicted octanol–water partition coefficient (Wildman–Crippen LogP) is 2.05. The van der Waals surface area contributed by atoms with E-state index in [4.69, 9.17) is 15.2 Å². The van der Waals surface area contributed by atoms with Crippen molar-refractivity contribution in [3.05, 3.63) is 23.8 Å². The number of nitrogens with two attached hydrogens (primary N) is 1. The molecule has 15 heavy (non-hydrogen) atoms. The Morgan fingerprint density at radius 1 is 1.27 bits per heavy atom. The molecule has 0 fully saturated rings. The van der Waals surface area contributed by atoms with Gasteiger partial charge in [0.1, 0.15) is 5.75 Å². The van der Waals surface area contributed by atoms with Crippen molar-refractivity contribution in [1.29, 1.82) is 0 Å². The highest BCUT2D eigenvalue weighted by Crippen LogP contribution is 2.29. The van der Waals surface area contributed by atoms with Crippen LogP contribution in [0, 0.1) is 0 Å².